The van der Waals surface area contributed by atoms with Gasteiger partial charge in [0.25, 0.3) is 0 Å². The summed E-state index contributed by atoms with van der Waals surface area (Å²) in [5.41, 5.74) is 9.70. The molecule has 0 atom stereocenters. The zero-order valence-electron chi connectivity index (χ0n) is 7.07. The second kappa shape index (κ2) is 3.33. The van der Waals surface area contributed by atoms with E-state index in [-0.39, 0.29) is 6.54 Å². The second-order valence-corrected chi connectivity index (χ2v) is 2.68. The van der Waals surface area contributed by atoms with E-state index in [1.54, 1.807) is 6.08 Å². The average Bonchev–Trinajstić information content (AvgIpc) is 2.18. The van der Waals surface area contributed by atoms with Crippen molar-refractivity contribution in [3.05, 3.63) is 34.4 Å². The Balaban J connectivity index is 2.49. The second-order valence-electron chi connectivity index (χ2n) is 2.68. The topological polar surface area (TPSA) is 98.0 Å². The minimum Gasteiger partial charge on any atom is -0.288 e. The third-order valence-corrected chi connectivity index (χ3v) is 1.79. The molecule has 2 rings (SSSR count). The molecule has 0 fully saturated rings. The van der Waals surface area contributed by atoms with Crippen LogP contribution in [0.15, 0.2) is 23.3 Å². The first-order valence-corrected chi connectivity index (χ1v) is 3.83. The molecule has 0 amide bonds. The van der Waals surface area contributed by atoms with Crippen LogP contribution >= 0.6 is 0 Å². The number of fused-ring (bicyclic) bond motifs is 1. The van der Waals surface area contributed by atoms with E-state index in [9.17, 15) is 5.21 Å². The van der Waals surface area contributed by atoms with E-state index in [2.05, 4.69) is 20.0 Å². The number of hydrogen-bond donors (Lipinski definition) is 1. The quantitative estimate of drug-likeness (QED) is 0.410. The molecule has 14 heavy (non-hydrogen) atoms. The molecule has 1 aliphatic rings. The van der Waals surface area contributed by atoms with Gasteiger partial charge in [0.1, 0.15) is 12.0 Å². The Bertz CT molecular complexity index is 436. The van der Waals surface area contributed by atoms with Crippen molar-refractivity contribution in [1.82, 2.24) is 9.97 Å². The average molecular weight is 190 g/mol. The Morgan fingerprint density at radius 3 is 3.29 bits per heavy atom. The zero-order valence-corrected chi connectivity index (χ0v) is 7.07. The van der Waals surface area contributed by atoms with Gasteiger partial charge in [-0.25, -0.2) is 15.0 Å². The zero-order chi connectivity index (χ0) is 9.97. The molecule has 1 N–H and O–H groups in total. The van der Waals surface area contributed by atoms with Gasteiger partial charge in [-0.3, -0.25) is 5.21 Å². The number of rotatable bonds is 1. The standard InChI is InChI=1S/C7H6N6O/c8-12-11-5-1-6-7(13(14)3-5)2-9-4-10-6/h1-2,4,14H,3H2. The monoisotopic (exact) mass is 190 g/mol. The summed E-state index contributed by atoms with van der Waals surface area (Å²) in [4.78, 5) is 10.3. The number of anilines is 1. The lowest BCUT2D eigenvalue weighted by Crippen LogP contribution is -2.24. The lowest BCUT2D eigenvalue weighted by molar-refractivity contribution is 0.261. The molecule has 2 heterocycles. The number of hydroxylamine groups is 1. The van der Waals surface area contributed by atoms with Gasteiger partial charge < -0.3 is 0 Å². The van der Waals surface area contributed by atoms with Gasteiger partial charge >= 0.3 is 0 Å². The molecule has 0 aliphatic carbocycles. The molecule has 0 radical (unpaired) electrons. The number of nitrogens with zero attached hydrogens (tertiary/aromatic N) is 6. The predicted octanol–water partition coefficient (Wildman–Crippen LogP) is 1.34. The van der Waals surface area contributed by atoms with Crippen LogP contribution < -0.4 is 5.06 Å². The molecule has 7 nitrogen and oxygen atoms in total. The minimum absolute atomic E-state index is 0.143. The van der Waals surface area contributed by atoms with Crippen LogP contribution in [-0.4, -0.2) is 21.7 Å². The van der Waals surface area contributed by atoms with Crippen LogP contribution in [0.2, 0.25) is 0 Å². The first-order valence-electron chi connectivity index (χ1n) is 3.83. The molecule has 0 saturated carbocycles. The fraction of sp³-hybridized carbons (Fsp3) is 0.143. The number of aromatic nitrogens is 2. The van der Waals surface area contributed by atoms with E-state index < -0.39 is 0 Å². The molecule has 70 valence electrons. The Labute approximate surface area is 78.9 Å². The largest absolute Gasteiger partial charge is 0.288 e. The molecule has 7 heteroatoms. The molecule has 0 unspecified atom stereocenters. The van der Waals surface area contributed by atoms with Crippen molar-refractivity contribution in [2.75, 3.05) is 11.6 Å². The lowest BCUT2D eigenvalue weighted by Gasteiger charge is -2.21. The minimum atomic E-state index is 0.143. The van der Waals surface area contributed by atoms with Gasteiger partial charge in [0.2, 0.25) is 0 Å². The van der Waals surface area contributed by atoms with Crippen LogP contribution in [0.1, 0.15) is 5.69 Å². The smallest absolute Gasteiger partial charge is 0.116 e. The van der Waals surface area contributed by atoms with Gasteiger partial charge in [0, 0.05) is 10.6 Å². The summed E-state index contributed by atoms with van der Waals surface area (Å²) in [6, 6.07) is 0. The third-order valence-electron chi connectivity index (χ3n) is 1.79. The molecule has 0 saturated heterocycles. The number of azide groups is 1. The maximum atomic E-state index is 9.49. The van der Waals surface area contributed by atoms with Crippen LogP contribution in [0.3, 0.4) is 0 Å². The summed E-state index contributed by atoms with van der Waals surface area (Å²) in [5, 5.41) is 13.8. The van der Waals surface area contributed by atoms with E-state index in [1.165, 1.54) is 12.5 Å². The van der Waals surface area contributed by atoms with Crippen molar-refractivity contribution in [3.63, 3.8) is 0 Å². The third kappa shape index (κ3) is 1.37. The Hall–Kier alpha value is -2.11. The van der Waals surface area contributed by atoms with Crippen LogP contribution in [0.25, 0.3) is 16.5 Å². The van der Waals surface area contributed by atoms with E-state index in [4.69, 9.17) is 5.53 Å². The summed E-state index contributed by atoms with van der Waals surface area (Å²) >= 11 is 0. The van der Waals surface area contributed by atoms with Gasteiger partial charge in [-0.1, -0.05) is 5.11 Å². The molecular weight excluding hydrogens is 184 g/mol. The van der Waals surface area contributed by atoms with Gasteiger partial charge in [0.15, 0.2) is 0 Å². The Morgan fingerprint density at radius 1 is 1.64 bits per heavy atom. The van der Waals surface area contributed by atoms with Crippen LogP contribution in [0, 0.1) is 0 Å². The molecule has 1 aromatic rings. The highest BCUT2D eigenvalue weighted by molar-refractivity contribution is 5.68. The summed E-state index contributed by atoms with van der Waals surface area (Å²) in [5.74, 6) is 0. The summed E-state index contributed by atoms with van der Waals surface area (Å²) in [7, 11) is 0. The van der Waals surface area contributed by atoms with Crippen molar-refractivity contribution in [3.8, 4) is 0 Å². The highest BCUT2D eigenvalue weighted by Gasteiger charge is 2.16. The normalized spacial score (nSPS) is 14.1. The molecule has 0 spiro atoms. The highest BCUT2D eigenvalue weighted by atomic mass is 16.5. The Kier molecular flexibility index (Phi) is 2.02. The van der Waals surface area contributed by atoms with Gasteiger partial charge in [-0.15, -0.1) is 0 Å². The molecular formula is C7H6N6O. The maximum Gasteiger partial charge on any atom is 0.116 e. The van der Waals surface area contributed by atoms with Gasteiger partial charge in [0.05, 0.1) is 18.4 Å². The maximum absolute atomic E-state index is 9.49. The SMILES string of the molecule is [N-]=[N+]=NC1=Cc2ncncc2N(O)C1. The Morgan fingerprint density at radius 2 is 2.50 bits per heavy atom. The summed E-state index contributed by atoms with van der Waals surface area (Å²) in [6.45, 7) is 0.143. The highest BCUT2D eigenvalue weighted by Crippen LogP contribution is 2.24. The molecule has 1 aromatic heterocycles. The van der Waals surface area contributed by atoms with E-state index in [1.807, 2.05) is 0 Å². The first-order chi connectivity index (χ1) is 6.81. The molecule has 1 aliphatic heterocycles. The fourth-order valence-electron chi connectivity index (χ4n) is 1.20. The van der Waals surface area contributed by atoms with Gasteiger partial charge in [-0.05, 0) is 11.6 Å². The summed E-state index contributed by atoms with van der Waals surface area (Å²) < 4.78 is 0. The first kappa shape index (κ1) is 8.49. The summed E-state index contributed by atoms with van der Waals surface area (Å²) in [6.07, 6.45) is 4.47. The van der Waals surface area contributed by atoms with E-state index >= 15 is 0 Å². The van der Waals surface area contributed by atoms with E-state index in [0.717, 1.165) is 5.06 Å². The number of hydrogen-bond acceptors (Lipinski definition) is 5. The van der Waals surface area contributed by atoms with Crippen molar-refractivity contribution >= 4 is 11.8 Å². The molecule has 0 bridgehead atoms. The van der Waals surface area contributed by atoms with Gasteiger partial charge in [-0.2, -0.15) is 0 Å². The van der Waals surface area contributed by atoms with Crippen molar-refractivity contribution in [2.45, 2.75) is 0 Å². The molecule has 0 aromatic carbocycles. The van der Waals surface area contributed by atoms with Crippen molar-refractivity contribution in [2.24, 2.45) is 5.11 Å². The van der Waals surface area contributed by atoms with Crippen molar-refractivity contribution in [1.29, 1.82) is 0 Å². The predicted molar refractivity (Wildman–Crippen MR) is 48.3 cm³/mol. The van der Waals surface area contributed by atoms with E-state index in [0.29, 0.717) is 17.1 Å². The lowest BCUT2D eigenvalue weighted by atomic mass is 10.2. The van der Waals surface area contributed by atoms with Crippen LogP contribution in [0.4, 0.5) is 5.69 Å². The fourth-order valence-corrected chi connectivity index (χ4v) is 1.20. The van der Waals surface area contributed by atoms with Crippen molar-refractivity contribution < 1.29 is 5.21 Å². The van der Waals surface area contributed by atoms with Crippen LogP contribution in [-0.2, 0) is 0 Å². The van der Waals surface area contributed by atoms with Crippen LogP contribution in [0.5, 0.6) is 0 Å².